The average Bonchev–Trinajstić information content (AvgIpc) is 3.73. The highest BCUT2D eigenvalue weighted by Crippen LogP contribution is 2.47. The lowest BCUT2D eigenvalue weighted by atomic mass is 9.77. The Kier molecular flexibility index (Phi) is 6.64. The fourth-order valence-corrected chi connectivity index (χ4v) is 7.15. The van der Waals surface area contributed by atoms with Gasteiger partial charge in [-0.2, -0.15) is 13.2 Å². The molecule has 0 saturated carbocycles. The van der Waals surface area contributed by atoms with E-state index in [-0.39, 0.29) is 24.0 Å². The molecule has 0 aliphatic carbocycles. The number of halogens is 3. The van der Waals surface area contributed by atoms with Crippen LogP contribution in [0.25, 0.3) is 0 Å². The molecule has 6 rings (SSSR count). The number of piperidine rings is 1. The highest BCUT2D eigenvalue weighted by atomic mass is 19.4. The standard InChI is InChI=1S/C29H35F3N4O3/c1-20-3-2-11-35(20)23-6-12-34(18-23)22-4-5-25(24(17-22)29(30,31)32)36-15-10-28(27(36)38)8-13-33(14-9-28)26(37)21-7-16-39-19-21/h4-5,7,16-17,19-20,23H,2-3,6,8-15,18H2,1H3/t20-,23-/m0/s1. The second-order valence-corrected chi connectivity index (χ2v) is 11.6. The number of hydrogen-bond donors (Lipinski definition) is 0. The van der Waals surface area contributed by atoms with E-state index in [4.69, 9.17) is 4.42 Å². The van der Waals surface area contributed by atoms with Gasteiger partial charge in [0.1, 0.15) is 6.26 Å². The van der Waals surface area contributed by atoms with Crippen LogP contribution in [0.2, 0.25) is 0 Å². The molecule has 5 heterocycles. The normalized spacial score (nSPS) is 25.8. The van der Waals surface area contributed by atoms with Gasteiger partial charge in [-0.25, -0.2) is 0 Å². The van der Waals surface area contributed by atoms with E-state index >= 15 is 0 Å². The van der Waals surface area contributed by atoms with Gasteiger partial charge in [0.15, 0.2) is 0 Å². The third-order valence-electron chi connectivity index (χ3n) is 9.47. The van der Waals surface area contributed by atoms with Crippen LogP contribution < -0.4 is 9.80 Å². The zero-order valence-corrected chi connectivity index (χ0v) is 22.3. The summed E-state index contributed by atoms with van der Waals surface area (Å²) in [5, 5.41) is 0. The number of rotatable bonds is 4. The predicted octanol–water partition coefficient (Wildman–Crippen LogP) is 5.02. The SMILES string of the molecule is C[C@H]1CCCN1[C@H]1CCN(c2ccc(N3CCC4(CCN(C(=O)c5ccoc5)CC4)C3=O)c(C(F)(F)F)c2)C1. The van der Waals surface area contributed by atoms with Gasteiger partial charge in [0.25, 0.3) is 5.91 Å². The van der Waals surface area contributed by atoms with Crippen molar-refractivity contribution in [2.75, 3.05) is 49.1 Å². The molecule has 39 heavy (non-hydrogen) atoms. The largest absolute Gasteiger partial charge is 0.472 e. The van der Waals surface area contributed by atoms with Crippen LogP contribution in [-0.2, 0) is 11.0 Å². The van der Waals surface area contributed by atoms with Crippen LogP contribution in [0.15, 0.2) is 41.2 Å². The Morgan fingerprint density at radius 2 is 1.79 bits per heavy atom. The van der Waals surface area contributed by atoms with E-state index in [2.05, 4.69) is 16.7 Å². The molecular weight excluding hydrogens is 509 g/mol. The second-order valence-electron chi connectivity index (χ2n) is 11.6. The molecule has 2 atom stereocenters. The maximum atomic E-state index is 14.4. The molecule has 1 aromatic heterocycles. The lowest BCUT2D eigenvalue weighted by Crippen LogP contribution is -2.46. The highest BCUT2D eigenvalue weighted by molar-refractivity contribution is 6.01. The van der Waals surface area contributed by atoms with Gasteiger partial charge in [-0.3, -0.25) is 14.5 Å². The van der Waals surface area contributed by atoms with Crippen LogP contribution >= 0.6 is 0 Å². The number of amides is 2. The van der Waals surface area contributed by atoms with Gasteiger partial charge in [-0.15, -0.1) is 0 Å². The smallest absolute Gasteiger partial charge is 0.418 e. The maximum absolute atomic E-state index is 14.4. The number of likely N-dealkylation sites (tertiary alicyclic amines) is 2. The summed E-state index contributed by atoms with van der Waals surface area (Å²) in [6, 6.07) is 6.95. The Labute approximate surface area is 226 Å². The first-order valence-corrected chi connectivity index (χ1v) is 14.0. The van der Waals surface area contributed by atoms with Crippen molar-refractivity contribution in [1.82, 2.24) is 9.80 Å². The molecule has 2 aromatic rings. The molecule has 0 unspecified atom stereocenters. The summed E-state index contributed by atoms with van der Waals surface area (Å²) in [6.45, 7) is 5.76. The molecule has 4 fully saturated rings. The summed E-state index contributed by atoms with van der Waals surface area (Å²) < 4.78 is 48.1. The van der Waals surface area contributed by atoms with E-state index in [0.29, 0.717) is 55.7 Å². The molecule has 1 spiro atoms. The van der Waals surface area contributed by atoms with Crippen molar-refractivity contribution in [2.45, 2.75) is 63.7 Å². The van der Waals surface area contributed by atoms with Gasteiger partial charge in [-0.05, 0) is 76.3 Å². The average molecular weight is 545 g/mol. The lowest BCUT2D eigenvalue weighted by Gasteiger charge is -2.38. The van der Waals surface area contributed by atoms with Crippen LogP contribution in [0.5, 0.6) is 0 Å². The molecule has 4 aliphatic heterocycles. The molecule has 2 amide bonds. The zero-order valence-electron chi connectivity index (χ0n) is 22.3. The van der Waals surface area contributed by atoms with Crippen LogP contribution in [0.4, 0.5) is 24.5 Å². The fourth-order valence-electron chi connectivity index (χ4n) is 7.15. The Morgan fingerprint density at radius 1 is 1.03 bits per heavy atom. The summed E-state index contributed by atoms with van der Waals surface area (Å²) in [5.74, 6) is -0.417. The minimum Gasteiger partial charge on any atom is -0.472 e. The third kappa shape index (κ3) is 4.70. The van der Waals surface area contributed by atoms with Gasteiger partial charge >= 0.3 is 6.18 Å². The summed E-state index contributed by atoms with van der Waals surface area (Å²) >= 11 is 0. The number of nitrogens with zero attached hydrogens (tertiary/aromatic N) is 4. The molecule has 0 bridgehead atoms. The molecule has 0 N–H and O–H groups in total. The highest BCUT2D eigenvalue weighted by Gasteiger charge is 2.50. The number of furan rings is 1. The number of alkyl halides is 3. The van der Waals surface area contributed by atoms with Crippen LogP contribution in [-0.4, -0.2) is 73.0 Å². The molecule has 1 aromatic carbocycles. The Bertz CT molecular complexity index is 1220. The lowest BCUT2D eigenvalue weighted by molar-refractivity contribution is -0.137. The van der Waals surface area contributed by atoms with Crippen molar-refractivity contribution in [1.29, 1.82) is 0 Å². The first kappa shape index (κ1) is 26.2. The Hall–Kier alpha value is -3.01. The minimum atomic E-state index is -4.58. The number of anilines is 2. The van der Waals surface area contributed by atoms with Crippen molar-refractivity contribution in [3.63, 3.8) is 0 Å². The first-order chi connectivity index (χ1) is 18.7. The van der Waals surface area contributed by atoms with Gasteiger partial charge in [0.05, 0.1) is 28.5 Å². The number of carbonyl (C=O) groups excluding carboxylic acids is 2. The van der Waals surface area contributed by atoms with Crippen molar-refractivity contribution < 1.29 is 27.2 Å². The van der Waals surface area contributed by atoms with Crippen molar-refractivity contribution in [3.05, 3.63) is 47.9 Å². The van der Waals surface area contributed by atoms with E-state index in [9.17, 15) is 22.8 Å². The summed E-state index contributed by atoms with van der Waals surface area (Å²) in [4.78, 5) is 33.9. The van der Waals surface area contributed by atoms with E-state index in [0.717, 1.165) is 26.1 Å². The van der Waals surface area contributed by atoms with Gasteiger partial charge in [-0.1, -0.05) is 0 Å². The van der Waals surface area contributed by atoms with Crippen molar-refractivity contribution in [3.8, 4) is 0 Å². The first-order valence-electron chi connectivity index (χ1n) is 14.0. The van der Waals surface area contributed by atoms with Gasteiger partial charge in [0, 0.05) is 50.5 Å². The van der Waals surface area contributed by atoms with Crippen LogP contribution in [0.1, 0.15) is 61.4 Å². The Balaban J connectivity index is 1.18. The third-order valence-corrected chi connectivity index (χ3v) is 9.47. The van der Waals surface area contributed by atoms with Crippen molar-refractivity contribution >= 4 is 23.2 Å². The molecule has 10 heteroatoms. The van der Waals surface area contributed by atoms with E-state index in [1.54, 1.807) is 17.0 Å². The predicted molar refractivity (Wildman–Crippen MR) is 141 cm³/mol. The molecule has 0 radical (unpaired) electrons. The fraction of sp³-hybridized carbons (Fsp3) is 0.586. The topological polar surface area (TPSA) is 60.2 Å². The van der Waals surface area contributed by atoms with E-state index < -0.39 is 17.2 Å². The number of benzene rings is 1. The second kappa shape index (κ2) is 9.87. The van der Waals surface area contributed by atoms with E-state index in [1.807, 2.05) is 0 Å². The van der Waals surface area contributed by atoms with Crippen LogP contribution in [0.3, 0.4) is 0 Å². The Morgan fingerprint density at radius 3 is 2.46 bits per heavy atom. The summed E-state index contributed by atoms with van der Waals surface area (Å²) in [5.41, 5.74) is -0.527. The minimum absolute atomic E-state index is 0.0612. The number of carbonyl (C=O) groups is 2. The number of hydrogen-bond acceptors (Lipinski definition) is 5. The van der Waals surface area contributed by atoms with Gasteiger partial charge < -0.3 is 19.1 Å². The molecule has 4 saturated heterocycles. The van der Waals surface area contributed by atoms with Crippen molar-refractivity contribution in [2.24, 2.45) is 5.41 Å². The quantitative estimate of drug-likeness (QED) is 0.541. The van der Waals surface area contributed by atoms with Gasteiger partial charge in [0.2, 0.25) is 5.91 Å². The maximum Gasteiger partial charge on any atom is 0.418 e. The monoisotopic (exact) mass is 544 g/mol. The molecule has 210 valence electrons. The summed E-state index contributed by atoms with van der Waals surface area (Å²) in [7, 11) is 0. The molecular formula is C29H35F3N4O3. The van der Waals surface area contributed by atoms with E-state index in [1.165, 1.54) is 42.4 Å². The molecule has 7 nitrogen and oxygen atoms in total. The summed E-state index contributed by atoms with van der Waals surface area (Å²) in [6.07, 6.45) is 2.92. The van der Waals surface area contributed by atoms with Crippen LogP contribution in [0, 0.1) is 5.41 Å². The molecule has 4 aliphatic rings. The zero-order chi connectivity index (χ0) is 27.4.